The molecule has 0 aromatic rings. The molecule has 0 saturated carbocycles. The van der Waals surface area contributed by atoms with Crippen molar-refractivity contribution in [1.29, 1.82) is 0 Å². The zero-order valence-electron chi connectivity index (χ0n) is 13.1. The minimum atomic E-state index is -2.00. The molecule has 169 valence electrons. The average Bonchev–Trinajstić information content (AvgIpc) is 2.66. The summed E-state index contributed by atoms with van der Waals surface area (Å²) in [4.78, 5) is 40.1. The number of hydrogen-bond acceptors (Lipinski definition) is 19. The van der Waals surface area contributed by atoms with Crippen molar-refractivity contribution in [2.75, 3.05) is 26.4 Å². The van der Waals surface area contributed by atoms with Crippen LogP contribution in [0.4, 0.5) is 0 Å². The molecule has 0 fully saturated rings. The molecule has 0 unspecified atom stereocenters. The zero-order valence-corrected chi connectivity index (χ0v) is 15.9. The summed E-state index contributed by atoms with van der Waals surface area (Å²) in [5.74, 6) is 0. The van der Waals surface area contributed by atoms with Gasteiger partial charge in [-0.3, -0.25) is 4.79 Å². The van der Waals surface area contributed by atoms with E-state index >= 15 is 0 Å². The second kappa shape index (κ2) is 72.4. The van der Waals surface area contributed by atoms with Gasteiger partial charge >= 0.3 is 54.4 Å². The van der Waals surface area contributed by atoms with E-state index in [-0.39, 0.29) is 39.1 Å². The molecule has 20 nitrogen and oxygen atoms in total. The number of carbonyl (C=O) groups excluding carboxylic acids is 2. The fraction of sp³-hybridized carbons (Fsp3) is 0.667. The van der Waals surface area contributed by atoms with E-state index in [4.69, 9.17) is 54.8 Å². The Hall–Kier alpha value is -1.20. The zero-order chi connectivity index (χ0) is 23.3. The molecule has 0 amide bonds. The van der Waals surface area contributed by atoms with Crippen molar-refractivity contribution in [3.8, 4) is 0 Å². The van der Waals surface area contributed by atoms with Crippen LogP contribution in [-0.4, -0.2) is 65.2 Å². The number of rotatable bonds is 10. The van der Waals surface area contributed by atoms with Crippen molar-refractivity contribution < 1.29 is 128 Å². The van der Waals surface area contributed by atoms with E-state index < -0.39 is 33.9 Å². The van der Waals surface area contributed by atoms with Gasteiger partial charge in [-0.15, -0.1) is 0 Å². The molecule has 5 N–H and O–H groups in total. The molecule has 0 aliphatic heterocycles. The van der Waals surface area contributed by atoms with Gasteiger partial charge in [0, 0.05) is 0 Å². The van der Waals surface area contributed by atoms with Crippen LogP contribution in [-0.2, 0) is 102 Å². The fourth-order valence-electron chi connectivity index (χ4n) is 0.285. The fourth-order valence-corrected chi connectivity index (χ4v) is 0.285. The molecular weight excluding hydrogens is 495 g/mol. The molecule has 0 spiro atoms. The van der Waals surface area contributed by atoms with Gasteiger partial charge in [-0.05, 0) is 0 Å². The summed E-state index contributed by atoms with van der Waals surface area (Å²) in [7, 11) is 0. The molecule has 0 rings (SSSR count). The second-order valence-corrected chi connectivity index (χ2v) is 2.38. The first-order valence-corrected chi connectivity index (χ1v) is 7.41. The monoisotopic (exact) mass is 509 g/mol. The first kappa shape index (κ1) is 41.2. The third-order valence-corrected chi connectivity index (χ3v) is 0.711. The molecule has 0 bridgehead atoms. The second-order valence-electron chi connectivity index (χ2n) is 1.92. The third-order valence-electron chi connectivity index (χ3n) is 0.711. The van der Waals surface area contributed by atoms with Crippen molar-refractivity contribution in [2.24, 2.45) is 0 Å². The van der Waals surface area contributed by atoms with E-state index in [0.717, 1.165) is 0 Å². The Morgan fingerprint density at radius 3 is 0.929 bits per heavy atom. The van der Waals surface area contributed by atoms with Crippen molar-refractivity contribution in [3.63, 3.8) is 0 Å². The maximum atomic E-state index is 8.50. The first-order chi connectivity index (χ1) is 13.5. The molecule has 0 atom stereocenters. The standard InChI is InChI=1S/2C2H6O6.CH2O2.CO2.Mn.4O.Ti/c2*3-7-5-1-2-6-8-4;2*2-1-3;;;;;;/h2*3-4H,1-2H2;1H,(H,2,3);;;;;;;. The van der Waals surface area contributed by atoms with Gasteiger partial charge in [-0.25, -0.2) is 40.6 Å². The Kier molecular flexibility index (Phi) is 107. The van der Waals surface area contributed by atoms with E-state index in [1.807, 2.05) is 0 Å². The molecule has 0 aliphatic rings. The Labute approximate surface area is 167 Å². The van der Waals surface area contributed by atoms with E-state index in [0.29, 0.717) is 0 Å². The molecular formula is C6H14MnO20Ti. The Morgan fingerprint density at radius 1 is 0.750 bits per heavy atom. The number of hydrogen-bond donors (Lipinski definition) is 5. The van der Waals surface area contributed by atoms with Crippen LogP contribution in [0.1, 0.15) is 0 Å². The SMILES string of the molecule is O=C=O.O=CO.OOOCCOOO.OOOCCOOO.[O]=[Mn]=[O].[O]=[Ti]=[O]. The normalized spacial score (nSPS) is 7.00. The van der Waals surface area contributed by atoms with Gasteiger partial charge in [-0.1, -0.05) is 20.2 Å². The van der Waals surface area contributed by atoms with Crippen molar-refractivity contribution in [2.45, 2.75) is 0 Å². The molecule has 28 heavy (non-hydrogen) atoms. The Bertz CT molecular complexity index is 281. The van der Waals surface area contributed by atoms with Gasteiger partial charge in [-0.2, -0.15) is 9.59 Å². The van der Waals surface area contributed by atoms with Gasteiger partial charge in [0.05, 0.1) is 0 Å². The van der Waals surface area contributed by atoms with Crippen LogP contribution < -0.4 is 0 Å². The summed E-state index contributed by atoms with van der Waals surface area (Å²) in [6.07, 6.45) is 0.250. The summed E-state index contributed by atoms with van der Waals surface area (Å²) in [5, 5.41) is 49.5. The molecule has 0 aromatic carbocycles. The molecule has 22 heteroatoms. The van der Waals surface area contributed by atoms with Crippen molar-refractivity contribution >= 4 is 12.6 Å². The molecule has 0 heterocycles. The van der Waals surface area contributed by atoms with Gasteiger partial charge in [0.15, 0.2) is 0 Å². The third kappa shape index (κ3) is 181. The van der Waals surface area contributed by atoms with Gasteiger partial charge in [0.2, 0.25) is 0 Å². The van der Waals surface area contributed by atoms with E-state index in [1.54, 1.807) is 0 Å². The van der Waals surface area contributed by atoms with Crippen molar-refractivity contribution in [3.05, 3.63) is 0 Å². The summed E-state index contributed by atoms with van der Waals surface area (Å²) >= 11 is -3.44. The Balaban J connectivity index is -0.0000000561. The predicted octanol–water partition coefficient (Wildman–Crippen LogP) is -1.71. The molecule has 0 aromatic heterocycles. The van der Waals surface area contributed by atoms with Gasteiger partial charge < -0.3 is 5.11 Å². The van der Waals surface area contributed by atoms with E-state index in [2.05, 4.69) is 39.7 Å². The molecule has 0 aliphatic carbocycles. The summed E-state index contributed by atoms with van der Waals surface area (Å²) in [6.45, 7) is -0.373. The van der Waals surface area contributed by atoms with Crippen molar-refractivity contribution in [1.82, 2.24) is 0 Å². The topological polar surface area (TPSA) is 294 Å². The van der Waals surface area contributed by atoms with Crippen LogP contribution in [0.2, 0.25) is 0 Å². The minimum absolute atomic E-state index is 0.0307. The summed E-state index contributed by atoms with van der Waals surface area (Å²) in [5.41, 5.74) is 0. The number of carboxylic acid groups (broad SMARTS) is 1. The van der Waals surface area contributed by atoms with Crippen LogP contribution in [0.15, 0.2) is 0 Å². The van der Waals surface area contributed by atoms with Gasteiger partial charge in [0.25, 0.3) is 6.47 Å². The van der Waals surface area contributed by atoms with Gasteiger partial charge in [0.1, 0.15) is 26.4 Å². The van der Waals surface area contributed by atoms with Crippen LogP contribution in [0.25, 0.3) is 0 Å². The maximum absolute atomic E-state index is 8.50. The van der Waals surface area contributed by atoms with Crippen LogP contribution in [0.5, 0.6) is 0 Å². The van der Waals surface area contributed by atoms with E-state index in [9.17, 15) is 0 Å². The molecule has 0 radical (unpaired) electrons. The van der Waals surface area contributed by atoms with Crippen LogP contribution in [0.3, 0.4) is 0 Å². The average molecular weight is 509 g/mol. The summed E-state index contributed by atoms with van der Waals surface area (Å²) in [6, 6.07) is 0. The first-order valence-electron chi connectivity index (χ1n) is 5.17. The Morgan fingerprint density at radius 2 is 0.857 bits per heavy atom. The van der Waals surface area contributed by atoms with E-state index in [1.165, 1.54) is 0 Å². The molecule has 0 saturated heterocycles. The number of carbonyl (C=O) groups is 1. The van der Waals surface area contributed by atoms with Crippen LogP contribution in [0, 0.1) is 0 Å². The summed E-state index contributed by atoms with van der Waals surface area (Å²) < 4.78 is 33.8. The predicted molar refractivity (Wildman–Crippen MR) is 55.1 cm³/mol. The van der Waals surface area contributed by atoms with Crippen LogP contribution >= 0.6 is 0 Å². The quantitative estimate of drug-likeness (QED) is 0.0720.